The van der Waals surface area contributed by atoms with Crippen molar-refractivity contribution in [1.29, 1.82) is 0 Å². The van der Waals surface area contributed by atoms with Crippen LogP contribution >= 0.6 is 0 Å². The average Bonchev–Trinajstić information content (AvgIpc) is 2.30. The van der Waals surface area contributed by atoms with Crippen LogP contribution in [0.5, 0.6) is 0 Å². The van der Waals surface area contributed by atoms with E-state index < -0.39 is 0 Å². The van der Waals surface area contributed by atoms with Crippen molar-refractivity contribution in [3.05, 3.63) is 35.9 Å². The van der Waals surface area contributed by atoms with Crippen molar-refractivity contribution in [2.24, 2.45) is 11.3 Å². The van der Waals surface area contributed by atoms with Crippen molar-refractivity contribution in [2.45, 2.75) is 12.8 Å². The summed E-state index contributed by atoms with van der Waals surface area (Å²) in [5.41, 5.74) is 1.94. The Labute approximate surface area is 97.4 Å². The van der Waals surface area contributed by atoms with Gasteiger partial charge in [-0.3, -0.25) is 0 Å². The smallest absolute Gasteiger partial charge is 0.00234 e. The molecule has 2 saturated heterocycles. The van der Waals surface area contributed by atoms with E-state index in [0.717, 1.165) is 5.92 Å². The summed E-state index contributed by atoms with van der Waals surface area (Å²) in [5.74, 6) is 0.839. The van der Waals surface area contributed by atoms with Crippen LogP contribution < -0.4 is 10.6 Å². The van der Waals surface area contributed by atoms with Crippen LogP contribution in [0.2, 0.25) is 0 Å². The second-order valence-corrected chi connectivity index (χ2v) is 5.49. The largest absolute Gasteiger partial charge is 0.316 e. The molecule has 2 bridgehead atoms. The maximum atomic E-state index is 3.61. The lowest BCUT2D eigenvalue weighted by molar-refractivity contribution is 0.112. The maximum Gasteiger partial charge on any atom is 0.00234 e. The second kappa shape index (κ2) is 4.19. The number of benzene rings is 1. The number of hydrogen-bond donors (Lipinski definition) is 2. The van der Waals surface area contributed by atoms with Crippen molar-refractivity contribution in [3.63, 3.8) is 0 Å². The first-order chi connectivity index (χ1) is 7.86. The molecule has 2 heterocycles. The highest BCUT2D eigenvalue weighted by Crippen LogP contribution is 2.35. The van der Waals surface area contributed by atoms with Gasteiger partial charge in [0.05, 0.1) is 0 Å². The lowest BCUT2D eigenvalue weighted by atomic mass is 9.70. The van der Waals surface area contributed by atoms with Gasteiger partial charge in [-0.25, -0.2) is 0 Å². The Kier molecular flexibility index (Phi) is 2.70. The van der Waals surface area contributed by atoms with Crippen LogP contribution in [-0.4, -0.2) is 26.2 Å². The van der Waals surface area contributed by atoms with E-state index in [1.54, 1.807) is 0 Å². The number of nitrogens with one attached hydrogen (secondary N) is 2. The minimum atomic E-state index is 0.461. The second-order valence-electron chi connectivity index (χ2n) is 5.49. The molecule has 86 valence electrons. The molecule has 2 aliphatic heterocycles. The third-order valence-electron chi connectivity index (χ3n) is 4.01. The fourth-order valence-corrected chi connectivity index (χ4v) is 3.34. The van der Waals surface area contributed by atoms with Crippen molar-refractivity contribution < 1.29 is 0 Å². The van der Waals surface area contributed by atoms with Crippen molar-refractivity contribution in [1.82, 2.24) is 10.6 Å². The van der Waals surface area contributed by atoms with E-state index in [0.29, 0.717) is 5.41 Å². The van der Waals surface area contributed by atoms with E-state index in [4.69, 9.17) is 0 Å². The fourth-order valence-electron chi connectivity index (χ4n) is 3.34. The molecule has 2 fully saturated rings. The first kappa shape index (κ1) is 10.3. The molecule has 3 rings (SSSR count). The van der Waals surface area contributed by atoms with Gasteiger partial charge in [-0.05, 0) is 42.8 Å². The van der Waals surface area contributed by atoms with E-state index in [9.17, 15) is 0 Å². The molecule has 1 aromatic rings. The van der Waals surface area contributed by atoms with Gasteiger partial charge in [0.25, 0.3) is 0 Å². The van der Waals surface area contributed by atoms with Gasteiger partial charge in [0.15, 0.2) is 0 Å². The molecule has 2 N–H and O–H groups in total. The normalized spacial score (nSPS) is 33.6. The Hall–Kier alpha value is -0.860. The van der Waals surface area contributed by atoms with Gasteiger partial charge in [-0.2, -0.15) is 0 Å². The Morgan fingerprint density at radius 2 is 1.75 bits per heavy atom. The van der Waals surface area contributed by atoms with Crippen LogP contribution in [0.25, 0.3) is 0 Å². The van der Waals surface area contributed by atoms with Gasteiger partial charge in [-0.1, -0.05) is 30.3 Å². The van der Waals surface area contributed by atoms with Crippen molar-refractivity contribution >= 4 is 0 Å². The molecule has 0 spiro atoms. The average molecular weight is 216 g/mol. The quantitative estimate of drug-likeness (QED) is 0.781. The Bertz CT molecular complexity index is 337. The first-order valence-corrected chi connectivity index (χ1v) is 6.32. The molecule has 2 nitrogen and oxygen atoms in total. The van der Waals surface area contributed by atoms with E-state index in [1.807, 2.05) is 0 Å². The summed E-state index contributed by atoms with van der Waals surface area (Å²) in [6.45, 7) is 4.74. The summed E-state index contributed by atoms with van der Waals surface area (Å²) in [6, 6.07) is 10.9. The van der Waals surface area contributed by atoms with Gasteiger partial charge < -0.3 is 10.6 Å². The van der Waals surface area contributed by atoms with Gasteiger partial charge in [0.2, 0.25) is 0 Å². The standard InChI is InChI=1S/C14H20N2/c1-2-4-12(5-3-1)6-14-7-13(8-15-10-14)9-16-11-14/h1-5,13,15-16H,6-11H2. The molecule has 1 aromatic carbocycles. The van der Waals surface area contributed by atoms with Crippen LogP contribution in [0.15, 0.2) is 30.3 Å². The van der Waals surface area contributed by atoms with E-state index in [2.05, 4.69) is 41.0 Å². The summed E-state index contributed by atoms with van der Waals surface area (Å²) < 4.78 is 0. The zero-order chi connectivity index (χ0) is 10.8. The van der Waals surface area contributed by atoms with Gasteiger partial charge >= 0.3 is 0 Å². The number of piperidine rings is 2. The summed E-state index contributed by atoms with van der Waals surface area (Å²) in [7, 11) is 0. The van der Waals surface area contributed by atoms with E-state index in [1.165, 1.54) is 44.6 Å². The highest BCUT2D eigenvalue weighted by Gasteiger charge is 2.39. The van der Waals surface area contributed by atoms with E-state index in [-0.39, 0.29) is 0 Å². The molecular formula is C14H20N2. The monoisotopic (exact) mass is 216 g/mol. The van der Waals surface area contributed by atoms with Gasteiger partial charge in [0, 0.05) is 13.1 Å². The predicted molar refractivity (Wildman–Crippen MR) is 66.4 cm³/mol. The molecule has 0 amide bonds. The third kappa shape index (κ3) is 2.00. The zero-order valence-corrected chi connectivity index (χ0v) is 9.71. The molecule has 0 radical (unpaired) electrons. The minimum absolute atomic E-state index is 0.461. The van der Waals surface area contributed by atoms with Gasteiger partial charge in [-0.15, -0.1) is 0 Å². The Morgan fingerprint density at radius 1 is 1.06 bits per heavy atom. The van der Waals surface area contributed by atoms with Crippen LogP contribution in [0.3, 0.4) is 0 Å². The van der Waals surface area contributed by atoms with Crippen LogP contribution in [0.4, 0.5) is 0 Å². The summed E-state index contributed by atoms with van der Waals surface area (Å²) in [4.78, 5) is 0. The summed E-state index contributed by atoms with van der Waals surface area (Å²) in [6.07, 6.45) is 2.60. The van der Waals surface area contributed by atoms with Crippen LogP contribution in [0.1, 0.15) is 12.0 Å². The fraction of sp³-hybridized carbons (Fsp3) is 0.571. The lowest BCUT2D eigenvalue weighted by Crippen LogP contribution is -2.57. The molecule has 0 aromatic heterocycles. The third-order valence-corrected chi connectivity index (χ3v) is 4.01. The van der Waals surface area contributed by atoms with Crippen molar-refractivity contribution in [2.75, 3.05) is 26.2 Å². The molecule has 0 unspecified atom stereocenters. The predicted octanol–water partition coefficient (Wildman–Crippen LogP) is 1.43. The molecule has 0 aliphatic carbocycles. The molecule has 0 atom stereocenters. The Morgan fingerprint density at radius 3 is 2.44 bits per heavy atom. The molecule has 0 saturated carbocycles. The number of hydrogen-bond acceptors (Lipinski definition) is 2. The van der Waals surface area contributed by atoms with Crippen LogP contribution in [-0.2, 0) is 6.42 Å². The zero-order valence-electron chi connectivity index (χ0n) is 9.71. The lowest BCUT2D eigenvalue weighted by Gasteiger charge is -2.46. The molecule has 2 heteroatoms. The molecule has 16 heavy (non-hydrogen) atoms. The topological polar surface area (TPSA) is 24.1 Å². The van der Waals surface area contributed by atoms with Crippen molar-refractivity contribution in [3.8, 4) is 0 Å². The SMILES string of the molecule is c1ccc(CC23CNCC(CNC2)C3)cc1. The summed E-state index contributed by atoms with van der Waals surface area (Å²) >= 11 is 0. The highest BCUT2D eigenvalue weighted by molar-refractivity contribution is 5.18. The van der Waals surface area contributed by atoms with Crippen LogP contribution in [0, 0.1) is 11.3 Å². The number of fused-ring (bicyclic) bond motifs is 2. The summed E-state index contributed by atoms with van der Waals surface area (Å²) in [5, 5.41) is 7.22. The number of rotatable bonds is 2. The molecule has 2 aliphatic rings. The maximum absolute atomic E-state index is 3.61. The Balaban J connectivity index is 1.77. The minimum Gasteiger partial charge on any atom is -0.316 e. The van der Waals surface area contributed by atoms with E-state index >= 15 is 0 Å². The first-order valence-electron chi connectivity index (χ1n) is 6.32. The highest BCUT2D eigenvalue weighted by atomic mass is 15.0. The van der Waals surface area contributed by atoms with Gasteiger partial charge in [0.1, 0.15) is 0 Å². The molecular weight excluding hydrogens is 196 g/mol.